The molecule has 0 saturated heterocycles. The van der Waals surface area contributed by atoms with Gasteiger partial charge in [0.15, 0.2) is 0 Å². The molecular weight excluding hydrogens is 268 g/mol. The Morgan fingerprint density at radius 3 is 2.68 bits per heavy atom. The molecule has 0 atom stereocenters. The molecule has 2 rings (SSSR count). The monoisotopic (exact) mass is 282 g/mol. The van der Waals surface area contributed by atoms with Gasteiger partial charge in [-0.25, -0.2) is 9.59 Å². The molecule has 6 heteroatoms. The molecule has 1 aliphatic carbocycles. The molecule has 2 amide bonds. The first-order valence-electron chi connectivity index (χ1n) is 6.14. The highest BCUT2D eigenvalue weighted by Gasteiger charge is 2.31. The van der Waals surface area contributed by atoms with Crippen molar-refractivity contribution in [3.05, 3.63) is 28.8 Å². The highest BCUT2D eigenvalue weighted by atomic mass is 35.5. The van der Waals surface area contributed by atoms with Gasteiger partial charge in [0.05, 0.1) is 10.7 Å². The molecule has 102 valence electrons. The van der Waals surface area contributed by atoms with E-state index in [-0.39, 0.29) is 28.3 Å². The Labute approximate surface area is 116 Å². The first kappa shape index (κ1) is 13.7. The van der Waals surface area contributed by atoms with Crippen molar-refractivity contribution in [1.29, 1.82) is 0 Å². The van der Waals surface area contributed by atoms with Crippen LogP contribution in [0.15, 0.2) is 18.2 Å². The van der Waals surface area contributed by atoms with Gasteiger partial charge in [-0.2, -0.15) is 0 Å². The maximum atomic E-state index is 12.1. The van der Waals surface area contributed by atoms with Crippen LogP contribution in [0.5, 0.6) is 0 Å². The SMILES string of the molecule is CCN(C(=O)Nc1cccc(Cl)c1C(=O)O)C1CC1. The Hall–Kier alpha value is -1.75. The Morgan fingerprint density at radius 2 is 2.16 bits per heavy atom. The van der Waals surface area contributed by atoms with Crippen LogP contribution in [0.1, 0.15) is 30.1 Å². The van der Waals surface area contributed by atoms with Crippen molar-refractivity contribution in [3.8, 4) is 0 Å². The molecule has 1 saturated carbocycles. The van der Waals surface area contributed by atoms with E-state index < -0.39 is 5.97 Å². The summed E-state index contributed by atoms with van der Waals surface area (Å²) in [6.07, 6.45) is 2.01. The smallest absolute Gasteiger partial charge is 0.339 e. The maximum Gasteiger partial charge on any atom is 0.339 e. The second-order valence-corrected chi connectivity index (χ2v) is 4.82. The fourth-order valence-electron chi connectivity index (χ4n) is 1.99. The number of urea groups is 1. The van der Waals surface area contributed by atoms with Gasteiger partial charge < -0.3 is 15.3 Å². The van der Waals surface area contributed by atoms with Crippen LogP contribution >= 0.6 is 11.6 Å². The number of nitrogens with zero attached hydrogens (tertiary/aromatic N) is 1. The number of carboxylic acid groups (broad SMARTS) is 1. The minimum absolute atomic E-state index is 0.0793. The number of anilines is 1. The molecule has 1 aromatic carbocycles. The summed E-state index contributed by atoms with van der Waals surface area (Å²) in [6, 6.07) is 4.62. The molecule has 1 fully saturated rings. The lowest BCUT2D eigenvalue weighted by molar-refractivity contribution is 0.0698. The molecule has 19 heavy (non-hydrogen) atoms. The Kier molecular flexibility index (Phi) is 3.95. The second kappa shape index (κ2) is 5.48. The number of amides is 2. The van der Waals surface area contributed by atoms with Gasteiger partial charge in [0, 0.05) is 12.6 Å². The van der Waals surface area contributed by atoms with E-state index in [2.05, 4.69) is 5.32 Å². The van der Waals surface area contributed by atoms with Crippen LogP contribution in [0.3, 0.4) is 0 Å². The van der Waals surface area contributed by atoms with E-state index in [0.29, 0.717) is 6.54 Å². The van der Waals surface area contributed by atoms with Crippen LogP contribution in [0.25, 0.3) is 0 Å². The van der Waals surface area contributed by atoms with Crippen molar-refractivity contribution < 1.29 is 14.7 Å². The normalized spacial score (nSPS) is 14.0. The lowest BCUT2D eigenvalue weighted by atomic mass is 10.2. The van der Waals surface area contributed by atoms with E-state index in [4.69, 9.17) is 16.7 Å². The van der Waals surface area contributed by atoms with Gasteiger partial charge in [0.1, 0.15) is 5.56 Å². The molecule has 0 unspecified atom stereocenters. The van der Waals surface area contributed by atoms with E-state index in [9.17, 15) is 9.59 Å². The number of carbonyl (C=O) groups is 2. The number of carbonyl (C=O) groups excluding carboxylic acids is 1. The van der Waals surface area contributed by atoms with E-state index in [1.165, 1.54) is 12.1 Å². The first-order valence-corrected chi connectivity index (χ1v) is 6.51. The largest absolute Gasteiger partial charge is 0.478 e. The van der Waals surface area contributed by atoms with Crippen LogP contribution in [0.2, 0.25) is 5.02 Å². The van der Waals surface area contributed by atoms with Crippen molar-refractivity contribution in [1.82, 2.24) is 4.90 Å². The number of rotatable bonds is 4. The summed E-state index contributed by atoms with van der Waals surface area (Å²) in [5.41, 5.74) is 0.147. The number of benzene rings is 1. The number of carboxylic acids is 1. The zero-order valence-corrected chi connectivity index (χ0v) is 11.3. The van der Waals surface area contributed by atoms with E-state index in [1.807, 2.05) is 6.92 Å². The third-order valence-electron chi connectivity index (χ3n) is 3.06. The fourth-order valence-corrected chi connectivity index (χ4v) is 2.24. The number of aromatic carboxylic acids is 1. The highest BCUT2D eigenvalue weighted by molar-refractivity contribution is 6.34. The Balaban J connectivity index is 2.21. The van der Waals surface area contributed by atoms with E-state index in [1.54, 1.807) is 11.0 Å². The number of hydrogen-bond acceptors (Lipinski definition) is 2. The minimum atomic E-state index is -1.16. The standard InChI is InChI=1S/C13H15ClN2O3/c1-2-16(8-6-7-8)13(19)15-10-5-3-4-9(14)11(10)12(17)18/h3-5,8H,2,6-7H2,1H3,(H,15,19)(H,17,18). The average Bonchev–Trinajstić information content (AvgIpc) is 3.14. The van der Waals surface area contributed by atoms with Gasteiger partial charge in [-0.1, -0.05) is 17.7 Å². The van der Waals surface area contributed by atoms with Crippen molar-refractivity contribution in [3.63, 3.8) is 0 Å². The summed E-state index contributed by atoms with van der Waals surface area (Å²) in [7, 11) is 0. The minimum Gasteiger partial charge on any atom is -0.478 e. The third-order valence-corrected chi connectivity index (χ3v) is 3.37. The average molecular weight is 283 g/mol. The molecule has 0 spiro atoms. The summed E-state index contributed by atoms with van der Waals surface area (Å²) < 4.78 is 0. The van der Waals surface area contributed by atoms with Crippen molar-refractivity contribution in [2.45, 2.75) is 25.8 Å². The molecule has 0 aliphatic heterocycles. The number of hydrogen-bond donors (Lipinski definition) is 2. The van der Waals surface area contributed by atoms with Crippen LogP contribution in [0, 0.1) is 0 Å². The number of nitrogens with one attached hydrogen (secondary N) is 1. The first-order chi connectivity index (χ1) is 9.04. The summed E-state index contributed by atoms with van der Waals surface area (Å²) >= 11 is 5.85. The maximum absolute atomic E-state index is 12.1. The van der Waals surface area contributed by atoms with Crippen molar-refractivity contribution >= 4 is 29.3 Å². The lowest BCUT2D eigenvalue weighted by Crippen LogP contribution is -2.36. The molecule has 0 heterocycles. The summed E-state index contributed by atoms with van der Waals surface area (Å²) in [6.45, 7) is 2.49. The fraction of sp³-hybridized carbons (Fsp3) is 0.385. The van der Waals surface area contributed by atoms with Crippen molar-refractivity contribution in [2.24, 2.45) is 0 Å². The zero-order chi connectivity index (χ0) is 14.0. The van der Waals surface area contributed by atoms with Crippen LogP contribution in [-0.2, 0) is 0 Å². The highest BCUT2D eigenvalue weighted by Crippen LogP contribution is 2.28. The van der Waals surface area contributed by atoms with Crippen LogP contribution in [0.4, 0.5) is 10.5 Å². The summed E-state index contributed by atoms with van der Waals surface area (Å²) in [5, 5.41) is 11.9. The number of halogens is 1. The summed E-state index contributed by atoms with van der Waals surface area (Å²) in [4.78, 5) is 25.0. The molecule has 0 aromatic heterocycles. The van der Waals surface area contributed by atoms with Gasteiger partial charge in [-0.05, 0) is 31.9 Å². The molecule has 5 nitrogen and oxygen atoms in total. The molecule has 2 N–H and O–H groups in total. The zero-order valence-electron chi connectivity index (χ0n) is 10.5. The quantitative estimate of drug-likeness (QED) is 0.892. The Bertz CT molecular complexity index is 515. The van der Waals surface area contributed by atoms with Crippen LogP contribution < -0.4 is 5.32 Å². The topological polar surface area (TPSA) is 69.6 Å². The predicted molar refractivity (Wildman–Crippen MR) is 72.8 cm³/mol. The van der Waals surface area contributed by atoms with Crippen LogP contribution in [-0.4, -0.2) is 34.6 Å². The third kappa shape index (κ3) is 2.98. The predicted octanol–water partition coefficient (Wildman–Crippen LogP) is 3.05. The van der Waals surface area contributed by atoms with Gasteiger partial charge in [-0.15, -0.1) is 0 Å². The van der Waals surface area contributed by atoms with Gasteiger partial charge in [0.25, 0.3) is 0 Å². The lowest BCUT2D eigenvalue weighted by Gasteiger charge is -2.21. The van der Waals surface area contributed by atoms with Gasteiger partial charge in [-0.3, -0.25) is 0 Å². The second-order valence-electron chi connectivity index (χ2n) is 4.41. The Morgan fingerprint density at radius 1 is 1.47 bits per heavy atom. The molecule has 0 bridgehead atoms. The summed E-state index contributed by atoms with van der Waals surface area (Å²) in [5.74, 6) is -1.16. The van der Waals surface area contributed by atoms with Crippen molar-refractivity contribution in [2.75, 3.05) is 11.9 Å². The van der Waals surface area contributed by atoms with E-state index in [0.717, 1.165) is 12.8 Å². The molecule has 0 radical (unpaired) electrons. The van der Waals surface area contributed by atoms with Gasteiger partial charge >= 0.3 is 12.0 Å². The van der Waals surface area contributed by atoms with Gasteiger partial charge in [0.2, 0.25) is 0 Å². The molecule has 1 aliphatic rings. The molecule has 1 aromatic rings. The molecular formula is C13H15ClN2O3. The van der Waals surface area contributed by atoms with E-state index >= 15 is 0 Å².